The Morgan fingerprint density at radius 1 is 1.25 bits per heavy atom. The summed E-state index contributed by atoms with van der Waals surface area (Å²) >= 11 is 11.6. The van der Waals surface area contributed by atoms with Crippen LogP contribution in [0.25, 0.3) is 0 Å². The fraction of sp³-hybridized carbons (Fsp3) is 0.167. The first-order valence-corrected chi connectivity index (χ1v) is 6.26. The maximum Gasteiger partial charge on any atom is 0.352 e. The van der Waals surface area contributed by atoms with Gasteiger partial charge in [0.2, 0.25) is 5.28 Å². The summed E-state index contributed by atoms with van der Waals surface area (Å²) in [4.78, 5) is 17.9. The molecular formula is C12H9Cl2N3O3. The maximum atomic E-state index is 11.0. The Morgan fingerprint density at radius 3 is 2.55 bits per heavy atom. The van der Waals surface area contributed by atoms with Gasteiger partial charge in [-0.1, -0.05) is 11.6 Å². The molecule has 0 atom stereocenters. The van der Waals surface area contributed by atoms with Gasteiger partial charge in [0.25, 0.3) is 0 Å². The first-order valence-electron chi connectivity index (χ1n) is 5.51. The lowest BCUT2D eigenvalue weighted by molar-refractivity contribution is -0.386. The predicted octanol–water partition coefficient (Wildman–Crippen LogP) is 4.10. The number of aryl methyl sites for hydroxylation is 2. The van der Waals surface area contributed by atoms with E-state index in [9.17, 15) is 10.1 Å². The Labute approximate surface area is 124 Å². The zero-order valence-corrected chi connectivity index (χ0v) is 12.1. The van der Waals surface area contributed by atoms with Gasteiger partial charge in [-0.2, -0.15) is 4.98 Å². The van der Waals surface area contributed by atoms with Crippen molar-refractivity contribution in [3.8, 4) is 11.6 Å². The number of ether oxygens (including phenoxy) is 1. The summed E-state index contributed by atoms with van der Waals surface area (Å²) in [6.07, 6.45) is 0. The second-order valence-electron chi connectivity index (χ2n) is 4.00. The highest BCUT2D eigenvalue weighted by atomic mass is 35.5. The monoisotopic (exact) mass is 313 g/mol. The van der Waals surface area contributed by atoms with E-state index in [2.05, 4.69) is 9.97 Å². The van der Waals surface area contributed by atoms with Crippen LogP contribution in [0.4, 0.5) is 5.69 Å². The highest BCUT2D eigenvalue weighted by Crippen LogP contribution is 2.33. The Balaban J connectivity index is 2.47. The van der Waals surface area contributed by atoms with Crippen LogP contribution in [0, 0.1) is 24.0 Å². The van der Waals surface area contributed by atoms with Gasteiger partial charge in [0.05, 0.1) is 4.92 Å². The molecule has 0 bridgehead atoms. The third-order valence-electron chi connectivity index (χ3n) is 2.53. The van der Waals surface area contributed by atoms with Gasteiger partial charge in [-0.3, -0.25) is 10.1 Å². The van der Waals surface area contributed by atoms with Crippen molar-refractivity contribution in [3.05, 3.63) is 49.9 Å². The zero-order valence-electron chi connectivity index (χ0n) is 10.6. The lowest BCUT2D eigenvalue weighted by atomic mass is 10.2. The Hall–Kier alpha value is -1.92. The molecule has 1 aromatic carbocycles. The summed E-state index contributed by atoms with van der Waals surface area (Å²) in [6.45, 7) is 3.26. The molecule has 0 aliphatic carbocycles. The molecule has 0 saturated carbocycles. The molecule has 0 saturated heterocycles. The molecule has 0 aliphatic heterocycles. The van der Waals surface area contributed by atoms with E-state index < -0.39 is 4.92 Å². The molecule has 1 heterocycles. The van der Waals surface area contributed by atoms with Crippen LogP contribution in [-0.4, -0.2) is 14.9 Å². The number of rotatable bonds is 3. The topological polar surface area (TPSA) is 78.2 Å². The van der Waals surface area contributed by atoms with Crippen molar-refractivity contribution in [2.24, 2.45) is 0 Å². The van der Waals surface area contributed by atoms with Crippen LogP contribution in [0.5, 0.6) is 11.6 Å². The average molecular weight is 314 g/mol. The lowest BCUT2D eigenvalue weighted by Gasteiger charge is -2.08. The summed E-state index contributed by atoms with van der Waals surface area (Å²) in [5, 5.41) is 11.5. The first kappa shape index (κ1) is 14.5. The zero-order chi connectivity index (χ0) is 14.9. The second-order valence-corrected chi connectivity index (χ2v) is 4.75. The SMILES string of the molecule is Cc1cc(Oc2nc(Cl)nc(C)c2[N+](=O)[O-])ccc1Cl. The number of hydrogen-bond donors (Lipinski definition) is 0. The highest BCUT2D eigenvalue weighted by molar-refractivity contribution is 6.31. The number of halogens is 2. The van der Waals surface area contributed by atoms with Gasteiger partial charge in [-0.05, 0) is 49.2 Å². The molecule has 0 spiro atoms. The van der Waals surface area contributed by atoms with Gasteiger partial charge in [0, 0.05) is 5.02 Å². The average Bonchev–Trinajstić information content (AvgIpc) is 2.32. The normalized spacial score (nSPS) is 10.4. The smallest absolute Gasteiger partial charge is 0.352 e. The Bertz CT molecular complexity index is 692. The van der Waals surface area contributed by atoms with Crippen molar-refractivity contribution in [1.29, 1.82) is 0 Å². The van der Waals surface area contributed by atoms with E-state index in [1.807, 2.05) is 0 Å². The van der Waals surface area contributed by atoms with Gasteiger partial charge in [0.1, 0.15) is 11.4 Å². The minimum absolute atomic E-state index is 0.117. The minimum Gasteiger partial charge on any atom is -0.434 e. The van der Waals surface area contributed by atoms with Crippen LogP contribution in [0.3, 0.4) is 0 Å². The largest absolute Gasteiger partial charge is 0.434 e. The van der Waals surface area contributed by atoms with Crippen molar-refractivity contribution < 1.29 is 9.66 Å². The van der Waals surface area contributed by atoms with Crippen molar-refractivity contribution in [1.82, 2.24) is 9.97 Å². The van der Waals surface area contributed by atoms with Gasteiger partial charge in [-0.15, -0.1) is 0 Å². The van der Waals surface area contributed by atoms with Gasteiger partial charge < -0.3 is 4.74 Å². The second kappa shape index (κ2) is 5.60. The van der Waals surface area contributed by atoms with Crippen molar-refractivity contribution in [2.45, 2.75) is 13.8 Å². The molecule has 0 aliphatic rings. The number of hydrogen-bond acceptors (Lipinski definition) is 5. The first-order chi connectivity index (χ1) is 9.38. The van der Waals surface area contributed by atoms with E-state index in [0.29, 0.717) is 10.8 Å². The van der Waals surface area contributed by atoms with Crippen molar-refractivity contribution >= 4 is 28.9 Å². The summed E-state index contributed by atoms with van der Waals surface area (Å²) in [7, 11) is 0. The number of benzene rings is 1. The molecule has 2 aromatic rings. The molecule has 0 unspecified atom stereocenters. The van der Waals surface area contributed by atoms with Crippen LogP contribution in [0.2, 0.25) is 10.3 Å². The molecule has 0 fully saturated rings. The fourth-order valence-corrected chi connectivity index (χ4v) is 1.90. The molecule has 0 radical (unpaired) electrons. The maximum absolute atomic E-state index is 11.0. The third-order valence-corrected chi connectivity index (χ3v) is 3.12. The minimum atomic E-state index is -0.607. The lowest BCUT2D eigenvalue weighted by Crippen LogP contribution is -2.01. The Kier molecular flexibility index (Phi) is 4.06. The molecule has 2 rings (SSSR count). The number of aromatic nitrogens is 2. The standard InChI is InChI=1S/C12H9Cl2N3O3/c1-6-5-8(3-4-9(6)13)20-11-10(17(18)19)7(2)15-12(14)16-11/h3-5H,1-2H3. The van der Waals surface area contributed by atoms with E-state index in [-0.39, 0.29) is 22.5 Å². The van der Waals surface area contributed by atoms with Crippen LogP contribution in [0.1, 0.15) is 11.3 Å². The number of nitro groups is 1. The van der Waals surface area contributed by atoms with E-state index in [0.717, 1.165) is 5.56 Å². The molecule has 0 amide bonds. The third kappa shape index (κ3) is 2.97. The van der Waals surface area contributed by atoms with Crippen LogP contribution < -0.4 is 4.74 Å². The molecular weight excluding hydrogens is 305 g/mol. The molecule has 104 valence electrons. The quantitative estimate of drug-likeness (QED) is 0.484. The molecule has 8 heteroatoms. The van der Waals surface area contributed by atoms with Crippen molar-refractivity contribution in [3.63, 3.8) is 0 Å². The summed E-state index contributed by atoms with van der Waals surface area (Å²) in [5.74, 6) is 0.179. The molecule has 6 nitrogen and oxygen atoms in total. The van der Waals surface area contributed by atoms with E-state index in [1.165, 1.54) is 6.92 Å². The van der Waals surface area contributed by atoms with Gasteiger partial charge in [-0.25, -0.2) is 4.98 Å². The Morgan fingerprint density at radius 2 is 1.95 bits per heavy atom. The van der Waals surface area contributed by atoms with E-state index >= 15 is 0 Å². The molecule has 20 heavy (non-hydrogen) atoms. The molecule has 1 aromatic heterocycles. The van der Waals surface area contributed by atoms with Crippen molar-refractivity contribution in [2.75, 3.05) is 0 Å². The van der Waals surface area contributed by atoms with Crippen LogP contribution in [-0.2, 0) is 0 Å². The highest BCUT2D eigenvalue weighted by Gasteiger charge is 2.23. The summed E-state index contributed by atoms with van der Waals surface area (Å²) in [5.41, 5.74) is 0.599. The van der Waals surface area contributed by atoms with Crippen LogP contribution in [0.15, 0.2) is 18.2 Å². The van der Waals surface area contributed by atoms with Gasteiger partial charge in [0.15, 0.2) is 0 Å². The number of nitrogens with zero attached hydrogens (tertiary/aromatic N) is 3. The van der Waals surface area contributed by atoms with E-state index in [1.54, 1.807) is 25.1 Å². The fourth-order valence-electron chi connectivity index (χ4n) is 1.58. The summed E-state index contributed by atoms with van der Waals surface area (Å²) in [6, 6.07) is 4.87. The van der Waals surface area contributed by atoms with Crippen LogP contribution >= 0.6 is 23.2 Å². The van der Waals surface area contributed by atoms with E-state index in [4.69, 9.17) is 27.9 Å². The summed E-state index contributed by atoms with van der Waals surface area (Å²) < 4.78 is 5.43. The van der Waals surface area contributed by atoms with Gasteiger partial charge >= 0.3 is 11.6 Å². The molecule has 0 N–H and O–H groups in total. The predicted molar refractivity (Wildman–Crippen MR) is 74.7 cm³/mol.